The van der Waals surface area contributed by atoms with Gasteiger partial charge in [-0.25, -0.2) is 4.79 Å². The van der Waals surface area contributed by atoms with Crippen molar-refractivity contribution in [3.05, 3.63) is 116 Å². The van der Waals surface area contributed by atoms with Gasteiger partial charge in [0.05, 0.1) is 29.4 Å². The van der Waals surface area contributed by atoms with E-state index in [1.54, 1.807) is 44.2 Å². The van der Waals surface area contributed by atoms with E-state index in [0.717, 1.165) is 11.1 Å². The molecule has 1 atom stereocenters. The third-order valence-corrected chi connectivity index (χ3v) is 6.89. The second-order valence-electron chi connectivity index (χ2n) is 9.33. The van der Waals surface area contributed by atoms with Crippen LogP contribution in [0.1, 0.15) is 53.7 Å². The number of benzene rings is 3. The summed E-state index contributed by atoms with van der Waals surface area (Å²) >= 11 is 0. The summed E-state index contributed by atoms with van der Waals surface area (Å²) in [7, 11) is 0. The van der Waals surface area contributed by atoms with Crippen molar-refractivity contribution in [3.63, 3.8) is 0 Å². The molecule has 1 heterocycles. The second-order valence-corrected chi connectivity index (χ2v) is 9.33. The van der Waals surface area contributed by atoms with Crippen LogP contribution in [0.15, 0.2) is 83.6 Å². The van der Waals surface area contributed by atoms with E-state index in [1.165, 1.54) is 12.1 Å². The first kappa shape index (κ1) is 26.7. The molecule has 9 nitrogen and oxygen atoms in total. The molecule has 1 aliphatic carbocycles. The van der Waals surface area contributed by atoms with Crippen molar-refractivity contribution in [2.45, 2.75) is 33.3 Å². The molecule has 0 saturated carbocycles. The first-order chi connectivity index (χ1) is 19.3. The molecule has 0 spiro atoms. The van der Waals surface area contributed by atoms with E-state index in [0.29, 0.717) is 51.8 Å². The van der Waals surface area contributed by atoms with Gasteiger partial charge in [0.15, 0.2) is 17.3 Å². The van der Waals surface area contributed by atoms with Crippen molar-refractivity contribution in [2.75, 3.05) is 13.2 Å². The van der Waals surface area contributed by atoms with E-state index in [1.807, 2.05) is 31.2 Å². The fourth-order valence-corrected chi connectivity index (χ4v) is 5.11. The second kappa shape index (κ2) is 11.1. The fourth-order valence-electron chi connectivity index (χ4n) is 5.11. The van der Waals surface area contributed by atoms with E-state index < -0.39 is 16.8 Å². The molecule has 0 saturated heterocycles. The van der Waals surface area contributed by atoms with E-state index in [9.17, 15) is 19.7 Å². The van der Waals surface area contributed by atoms with Gasteiger partial charge >= 0.3 is 5.97 Å². The number of esters is 1. The fraction of sp³-hybridized carbons (Fsp3) is 0.226. The van der Waals surface area contributed by atoms with Crippen molar-refractivity contribution in [2.24, 2.45) is 0 Å². The lowest BCUT2D eigenvalue weighted by atomic mass is 9.79. The number of Topliss-reactive ketones (excluding diaryl/α,β-unsaturated/α-hetero) is 1. The summed E-state index contributed by atoms with van der Waals surface area (Å²) in [6.07, 6.45) is 0. The highest BCUT2D eigenvalue weighted by molar-refractivity contribution is 6.23. The van der Waals surface area contributed by atoms with Gasteiger partial charge in [0.25, 0.3) is 5.69 Å². The third-order valence-electron chi connectivity index (χ3n) is 6.89. The normalized spacial score (nSPS) is 15.8. The van der Waals surface area contributed by atoms with E-state index in [-0.39, 0.29) is 24.7 Å². The lowest BCUT2D eigenvalue weighted by molar-refractivity contribution is -0.384. The predicted octanol–water partition coefficient (Wildman–Crippen LogP) is 5.70. The maximum absolute atomic E-state index is 13.7. The van der Waals surface area contributed by atoms with E-state index >= 15 is 0 Å². The average Bonchev–Trinajstić information content (AvgIpc) is 3.23. The van der Waals surface area contributed by atoms with Crippen molar-refractivity contribution < 1.29 is 28.7 Å². The summed E-state index contributed by atoms with van der Waals surface area (Å²) in [6.45, 7) is 6.12. The lowest BCUT2D eigenvalue weighted by Crippen LogP contribution is -2.29. The van der Waals surface area contributed by atoms with Gasteiger partial charge in [-0.1, -0.05) is 30.3 Å². The van der Waals surface area contributed by atoms with Gasteiger partial charge in [-0.2, -0.15) is 0 Å². The maximum Gasteiger partial charge on any atom is 0.336 e. The van der Waals surface area contributed by atoms with Crippen LogP contribution in [0.4, 0.5) is 5.69 Å². The summed E-state index contributed by atoms with van der Waals surface area (Å²) in [6, 6.07) is 18.9. The number of nitro groups is 1. The summed E-state index contributed by atoms with van der Waals surface area (Å²) in [5.41, 5.74) is 4.96. The van der Waals surface area contributed by atoms with Crippen LogP contribution in [-0.4, -0.2) is 29.9 Å². The molecule has 0 fully saturated rings. The molecule has 204 valence electrons. The van der Waals surface area contributed by atoms with Crippen molar-refractivity contribution >= 4 is 23.1 Å². The number of carbonyl (C=O) groups is 2. The minimum Gasteiger partial charge on any atom is -0.490 e. The molecule has 5 rings (SSSR count). The molecule has 0 radical (unpaired) electrons. The number of hydrogen-bond acceptors (Lipinski definition) is 8. The number of hydrogen-bond donors (Lipinski definition) is 1. The van der Waals surface area contributed by atoms with Gasteiger partial charge in [0, 0.05) is 40.4 Å². The Balaban J connectivity index is 1.53. The molecule has 1 N–H and O–H groups in total. The molecule has 40 heavy (non-hydrogen) atoms. The Morgan fingerprint density at radius 1 is 0.950 bits per heavy atom. The molecule has 2 aliphatic rings. The van der Waals surface area contributed by atoms with Gasteiger partial charge in [-0.3, -0.25) is 14.9 Å². The molecular formula is C31H28N2O7. The minimum absolute atomic E-state index is 0.00289. The number of ether oxygens (including phenoxy) is 3. The Hall–Kier alpha value is -4.92. The number of nitrogens with one attached hydrogen (secondary N) is 1. The largest absolute Gasteiger partial charge is 0.490 e. The van der Waals surface area contributed by atoms with Gasteiger partial charge in [-0.15, -0.1) is 0 Å². The van der Waals surface area contributed by atoms with Crippen molar-refractivity contribution in [1.29, 1.82) is 0 Å². The number of dihydropyridines is 1. The molecule has 0 unspecified atom stereocenters. The molecule has 3 aromatic rings. The minimum atomic E-state index is -0.682. The van der Waals surface area contributed by atoms with Crippen LogP contribution in [0.25, 0.3) is 5.70 Å². The highest BCUT2D eigenvalue weighted by atomic mass is 16.6. The van der Waals surface area contributed by atoms with Gasteiger partial charge in [-0.05, 0) is 56.2 Å². The number of nitrogens with zero attached hydrogens (tertiary/aromatic N) is 1. The van der Waals surface area contributed by atoms with E-state index in [2.05, 4.69) is 5.32 Å². The number of fused-ring (bicyclic) bond motifs is 2. The third kappa shape index (κ3) is 4.82. The number of carbonyl (C=O) groups excluding carboxylic acids is 2. The van der Waals surface area contributed by atoms with Gasteiger partial charge < -0.3 is 19.5 Å². The smallest absolute Gasteiger partial charge is 0.336 e. The zero-order chi connectivity index (χ0) is 28.4. The van der Waals surface area contributed by atoms with Crippen LogP contribution < -0.4 is 14.8 Å². The molecular weight excluding hydrogens is 512 g/mol. The molecule has 1 aliphatic heterocycles. The Bertz CT molecular complexity index is 1570. The van der Waals surface area contributed by atoms with Gasteiger partial charge in [0.1, 0.15) is 6.61 Å². The molecule has 9 heteroatoms. The van der Waals surface area contributed by atoms with Crippen molar-refractivity contribution in [3.8, 4) is 11.5 Å². The quantitative estimate of drug-likeness (QED) is 0.209. The Kier molecular flexibility index (Phi) is 7.37. The molecule has 0 aromatic heterocycles. The van der Waals surface area contributed by atoms with Crippen LogP contribution in [-0.2, 0) is 16.1 Å². The van der Waals surface area contributed by atoms with Crippen molar-refractivity contribution in [1.82, 2.24) is 5.32 Å². The molecule has 0 bridgehead atoms. The Morgan fingerprint density at radius 3 is 2.35 bits per heavy atom. The molecule has 0 amide bonds. The number of rotatable bonds is 9. The lowest BCUT2D eigenvalue weighted by Gasteiger charge is -2.29. The Morgan fingerprint density at radius 2 is 1.68 bits per heavy atom. The number of nitro benzene ring substituents is 1. The Labute approximate surface area is 231 Å². The van der Waals surface area contributed by atoms with Gasteiger partial charge in [0.2, 0.25) is 0 Å². The predicted molar refractivity (Wildman–Crippen MR) is 148 cm³/mol. The summed E-state index contributed by atoms with van der Waals surface area (Å²) < 4.78 is 17.3. The monoisotopic (exact) mass is 540 g/mol. The highest BCUT2D eigenvalue weighted by Crippen LogP contribution is 2.48. The highest BCUT2D eigenvalue weighted by Gasteiger charge is 2.43. The maximum atomic E-state index is 13.7. The average molecular weight is 541 g/mol. The topological polar surface area (TPSA) is 117 Å². The first-order valence-electron chi connectivity index (χ1n) is 13.0. The number of ketones is 1. The summed E-state index contributed by atoms with van der Waals surface area (Å²) in [5, 5.41) is 14.2. The zero-order valence-electron chi connectivity index (χ0n) is 22.4. The number of allylic oxidation sites excluding steroid dienone is 2. The summed E-state index contributed by atoms with van der Waals surface area (Å²) in [5.74, 6) is -0.408. The van der Waals surface area contributed by atoms with Crippen LogP contribution in [0.2, 0.25) is 0 Å². The number of non-ortho nitro benzene ring substituents is 1. The first-order valence-corrected chi connectivity index (χ1v) is 13.0. The van der Waals surface area contributed by atoms with Crippen LogP contribution in [0, 0.1) is 10.1 Å². The van der Waals surface area contributed by atoms with Crippen LogP contribution >= 0.6 is 0 Å². The SMILES string of the molecule is CCOC(=O)C1=C(C)NC2=C(C(=O)c3ccccc32)[C@@H]1c1ccc(OCc2ccc([N+](=O)[O-])cc2)c(OCC)c1. The van der Waals surface area contributed by atoms with Crippen LogP contribution in [0.3, 0.4) is 0 Å². The zero-order valence-corrected chi connectivity index (χ0v) is 22.4. The standard InChI is InChI=1S/C31H28N2O7/c1-4-38-25-16-20(12-15-24(25)40-17-19-10-13-21(14-11-19)33(36)37)27-26(31(35)39-5-2)18(3)32-29-22-8-6-7-9-23(22)30(34)28(27)29/h6-16,27,32H,4-5,17H2,1-3H3/t27-/m1/s1. The van der Waals surface area contributed by atoms with E-state index in [4.69, 9.17) is 14.2 Å². The van der Waals surface area contributed by atoms with Crippen LogP contribution in [0.5, 0.6) is 11.5 Å². The molecule has 3 aromatic carbocycles. The summed E-state index contributed by atoms with van der Waals surface area (Å²) in [4.78, 5) is 37.4.